The van der Waals surface area contributed by atoms with Crippen LogP contribution in [0.15, 0.2) is 51.4 Å². The summed E-state index contributed by atoms with van der Waals surface area (Å²) in [5, 5.41) is -0.192. The van der Waals surface area contributed by atoms with E-state index in [9.17, 15) is 0 Å². The van der Waals surface area contributed by atoms with E-state index >= 15 is 0 Å². The quantitative estimate of drug-likeness (QED) is 0.573. The first-order chi connectivity index (χ1) is 9.11. The summed E-state index contributed by atoms with van der Waals surface area (Å²) < 4.78 is 7.45. The van der Waals surface area contributed by atoms with Gasteiger partial charge in [0.1, 0.15) is 5.75 Å². The molecule has 0 fully saturated rings. The zero-order valence-corrected chi connectivity index (χ0v) is 14.3. The van der Waals surface area contributed by atoms with Gasteiger partial charge in [-0.3, -0.25) is 0 Å². The first-order valence-electron chi connectivity index (χ1n) is 5.93. The molecule has 100 valence electrons. The van der Waals surface area contributed by atoms with Crippen LogP contribution in [0.3, 0.4) is 0 Å². The molecule has 4 heteroatoms. The maximum absolute atomic E-state index is 6.55. The van der Waals surface area contributed by atoms with Crippen molar-refractivity contribution in [2.24, 2.45) is 0 Å². The van der Waals surface area contributed by atoms with Crippen molar-refractivity contribution in [3.05, 3.63) is 62.5 Å². The van der Waals surface area contributed by atoms with Crippen molar-refractivity contribution >= 4 is 43.5 Å². The van der Waals surface area contributed by atoms with Crippen molar-refractivity contribution in [1.82, 2.24) is 0 Å². The molecule has 0 aliphatic heterocycles. The highest BCUT2D eigenvalue weighted by Crippen LogP contribution is 2.36. The summed E-state index contributed by atoms with van der Waals surface area (Å²) in [6.07, 6.45) is 0. The minimum Gasteiger partial charge on any atom is -0.494 e. The van der Waals surface area contributed by atoms with Crippen LogP contribution in [-0.2, 0) is 0 Å². The molecule has 19 heavy (non-hydrogen) atoms. The van der Waals surface area contributed by atoms with Crippen LogP contribution in [0.2, 0.25) is 0 Å². The first kappa shape index (κ1) is 14.9. The van der Waals surface area contributed by atoms with E-state index in [-0.39, 0.29) is 5.38 Å². The van der Waals surface area contributed by atoms with E-state index in [0.29, 0.717) is 6.61 Å². The molecule has 0 aliphatic carbocycles. The second kappa shape index (κ2) is 6.78. The summed E-state index contributed by atoms with van der Waals surface area (Å²) in [6.45, 7) is 2.62. The zero-order chi connectivity index (χ0) is 13.8. The predicted octanol–water partition coefficient (Wildman–Crippen LogP) is 5.94. The van der Waals surface area contributed by atoms with Gasteiger partial charge in [-0.15, -0.1) is 11.6 Å². The minimum absolute atomic E-state index is 0.192. The van der Waals surface area contributed by atoms with Gasteiger partial charge in [-0.05, 0) is 42.3 Å². The second-order valence-corrected chi connectivity index (χ2v) is 6.24. The molecule has 1 atom stereocenters. The molecule has 0 radical (unpaired) electrons. The lowest BCUT2D eigenvalue weighted by Gasteiger charge is -2.14. The largest absolute Gasteiger partial charge is 0.494 e. The summed E-state index contributed by atoms with van der Waals surface area (Å²) in [7, 11) is 0. The molecular weight excluding hydrogens is 391 g/mol. The van der Waals surface area contributed by atoms with E-state index in [1.54, 1.807) is 0 Å². The molecule has 0 saturated carbocycles. The Morgan fingerprint density at radius 2 is 1.95 bits per heavy atom. The van der Waals surface area contributed by atoms with Crippen molar-refractivity contribution in [2.75, 3.05) is 6.61 Å². The fraction of sp³-hybridized carbons (Fsp3) is 0.200. The Hall–Kier alpha value is -0.510. The van der Waals surface area contributed by atoms with E-state index in [4.69, 9.17) is 16.3 Å². The Morgan fingerprint density at radius 3 is 2.58 bits per heavy atom. The van der Waals surface area contributed by atoms with Crippen LogP contribution in [0.5, 0.6) is 5.75 Å². The van der Waals surface area contributed by atoms with Gasteiger partial charge in [0.25, 0.3) is 0 Å². The third-order valence-corrected chi connectivity index (χ3v) is 4.36. The van der Waals surface area contributed by atoms with E-state index in [0.717, 1.165) is 25.8 Å². The van der Waals surface area contributed by atoms with Gasteiger partial charge in [-0.2, -0.15) is 0 Å². The molecular formula is C15H13Br2ClO. The molecule has 0 bridgehead atoms. The molecule has 0 heterocycles. The summed E-state index contributed by atoms with van der Waals surface area (Å²) in [5.41, 5.74) is 2.09. The van der Waals surface area contributed by atoms with Crippen LogP contribution >= 0.6 is 43.5 Å². The van der Waals surface area contributed by atoms with Crippen LogP contribution in [0.1, 0.15) is 23.4 Å². The lowest BCUT2D eigenvalue weighted by molar-refractivity contribution is 0.340. The van der Waals surface area contributed by atoms with Gasteiger partial charge in [0, 0.05) is 8.95 Å². The third-order valence-electron chi connectivity index (χ3n) is 2.70. The molecule has 0 saturated heterocycles. The molecule has 0 aliphatic rings. The first-order valence-corrected chi connectivity index (χ1v) is 7.96. The molecule has 0 N–H and O–H groups in total. The monoisotopic (exact) mass is 402 g/mol. The van der Waals surface area contributed by atoms with Crippen LogP contribution in [0.4, 0.5) is 0 Å². The standard InChI is InChI=1S/C15H13Br2ClO/c1-2-19-12-6-7-13(14(17)9-12)15(18)10-4-3-5-11(16)8-10/h3-9,15H,2H2,1H3. The topological polar surface area (TPSA) is 9.23 Å². The molecule has 0 amide bonds. The van der Waals surface area contributed by atoms with Crippen molar-refractivity contribution in [3.8, 4) is 5.75 Å². The third kappa shape index (κ3) is 3.74. The van der Waals surface area contributed by atoms with Crippen molar-refractivity contribution in [2.45, 2.75) is 12.3 Å². The highest BCUT2D eigenvalue weighted by molar-refractivity contribution is 9.10. The molecule has 1 nitrogen and oxygen atoms in total. The number of rotatable bonds is 4. The van der Waals surface area contributed by atoms with Gasteiger partial charge in [-0.1, -0.05) is 50.1 Å². The van der Waals surface area contributed by atoms with Crippen molar-refractivity contribution in [3.63, 3.8) is 0 Å². The van der Waals surface area contributed by atoms with Gasteiger partial charge in [0.05, 0.1) is 12.0 Å². The summed E-state index contributed by atoms with van der Waals surface area (Å²) >= 11 is 13.6. The zero-order valence-electron chi connectivity index (χ0n) is 10.4. The smallest absolute Gasteiger partial charge is 0.120 e. The average molecular weight is 405 g/mol. The fourth-order valence-corrected chi connectivity index (χ4v) is 3.28. The maximum Gasteiger partial charge on any atom is 0.120 e. The minimum atomic E-state index is -0.192. The van der Waals surface area contributed by atoms with Crippen LogP contribution in [0.25, 0.3) is 0 Å². The molecule has 0 spiro atoms. The molecule has 2 aromatic rings. The van der Waals surface area contributed by atoms with Gasteiger partial charge in [-0.25, -0.2) is 0 Å². The van der Waals surface area contributed by atoms with E-state index in [1.165, 1.54) is 0 Å². The van der Waals surface area contributed by atoms with Crippen molar-refractivity contribution < 1.29 is 4.74 Å². The molecule has 2 aromatic carbocycles. The lowest BCUT2D eigenvalue weighted by Crippen LogP contribution is -1.97. The molecule has 0 aromatic heterocycles. The van der Waals surface area contributed by atoms with Crippen LogP contribution < -0.4 is 4.74 Å². The Balaban J connectivity index is 2.31. The normalized spacial score (nSPS) is 12.2. The predicted molar refractivity (Wildman–Crippen MR) is 87.1 cm³/mol. The SMILES string of the molecule is CCOc1ccc(C(Cl)c2cccc(Br)c2)c(Br)c1. The summed E-state index contributed by atoms with van der Waals surface area (Å²) in [4.78, 5) is 0. The number of halogens is 3. The van der Waals surface area contributed by atoms with E-state index in [1.807, 2.05) is 49.4 Å². The highest BCUT2D eigenvalue weighted by atomic mass is 79.9. The average Bonchev–Trinajstić information content (AvgIpc) is 2.38. The van der Waals surface area contributed by atoms with Gasteiger partial charge >= 0.3 is 0 Å². The Kier molecular flexibility index (Phi) is 5.31. The van der Waals surface area contributed by atoms with E-state index < -0.39 is 0 Å². The van der Waals surface area contributed by atoms with Gasteiger partial charge in [0.15, 0.2) is 0 Å². The Labute approximate surface area is 135 Å². The van der Waals surface area contributed by atoms with E-state index in [2.05, 4.69) is 31.9 Å². The van der Waals surface area contributed by atoms with Gasteiger partial charge in [0.2, 0.25) is 0 Å². The second-order valence-electron chi connectivity index (χ2n) is 4.03. The molecule has 2 rings (SSSR count). The Morgan fingerprint density at radius 1 is 1.16 bits per heavy atom. The van der Waals surface area contributed by atoms with Crippen molar-refractivity contribution in [1.29, 1.82) is 0 Å². The van der Waals surface area contributed by atoms with Gasteiger partial charge < -0.3 is 4.74 Å². The number of ether oxygens (including phenoxy) is 1. The number of hydrogen-bond acceptors (Lipinski definition) is 1. The van der Waals surface area contributed by atoms with Crippen LogP contribution in [-0.4, -0.2) is 6.61 Å². The lowest BCUT2D eigenvalue weighted by atomic mass is 10.0. The summed E-state index contributed by atoms with van der Waals surface area (Å²) in [5.74, 6) is 0.844. The number of hydrogen-bond donors (Lipinski definition) is 0. The van der Waals surface area contributed by atoms with Crippen LogP contribution in [0, 0.1) is 0 Å². The molecule has 1 unspecified atom stereocenters. The summed E-state index contributed by atoms with van der Waals surface area (Å²) in [6, 6.07) is 13.9. The number of alkyl halides is 1. The highest BCUT2D eigenvalue weighted by Gasteiger charge is 2.14. The number of benzene rings is 2. The maximum atomic E-state index is 6.55. The fourth-order valence-electron chi connectivity index (χ4n) is 1.81. The Bertz CT molecular complexity index is 572.